The van der Waals surface area contributed by atoms with Gasteiger partial charge in [-0.25, -0.2) is 15.0 Å². The number of halogens is 6. The summed E-state index contributed by atoms with van der Waals surface area (Å²) >= 11 is 0. The Labute approximate surface area is 168 Å². The molecule has 6 nitrogen and oxygen atoms in total. The van der Waals surface area contributed by atoms with E-state index in [0.29, 0.717) is 25.0 Å². The summed E-state index contributed by atoms with van der Waals surface area (Å²) in [5.74, 6) is -0.102. The van der Waals surface area contributed by atoms with Crippen molar-refractivity contribution in [3.05, 3.63) is 35.5 Å². The fourth-order valence-electron chi connectivity index (χ4n) is 3.30. The Morgan fingerprint density at radius 3 is 2.30 bits per heavy atom. The Bertz CT molecular complexity index is 861. The Kier molecular flexibility index (Phi) is 6.32. The number of anilines is 2. The summed E-state index contributed by atoms with van der Waals surface area (Å²) < 4.78 is 79.1. The Balaban J connectivity index is 1.80. The minimum absolute atomic E-state index is 0.163. The highest BCUT2D eigenvalue weighted by Crippen LogP contribution is 2.36. The molecule has 1 saturated carbocycles. The lowest BCUT2D eigenvalue weighted by atomic mass is 9.87. The number of hydrogen-bond donors (Lipinski definition) is 2. The van der Waals surface area contributed by atoms with Gasteiger partial charge in [0.1, 0.15) is 17.7 Å². The van der Waals surface area contributed by atoms with Crippen LogP contribution in [-0.4, -0.2) is 26.0 Å². The molecule has 164 valence electrons. The van der Waals surface area contributed by atoms with Gasteiger partial charge in [-0.3, -0.25) is 0 Å². The van der Waals surface area contributed by atoms with E-state index >= 15 is 0 Å². The Morgan fingerprint density at radius 2 is 1.67 bits per heavy atom. The van der Waals surface area contributed by atoms with Gasteiger partial charge in [-0.05, 0) is 31.6 Å². The Hall–Kier alpha value is -2.66. The van der Waals surface area contributed by atoms with E-state index in [-0.39, 0.29) is 23.4 Å². The molecule has 0 saturated heterocycles. The third-order valence-corrected chi connectivity index (χ3v) is 4.94. The summed E-state index contributed by atoms with van der Waals surface area (Å²) in [6, 6.07) is -0.163. The molecule has 2 N–H and O–H groups in total. The molecule has 1 aliphatic carbocycles. The smallest absolute Gasteiger partial charge is 0.367 e. The van der Waals surface area contributed by atoms with Crippen LogP contribution in [0.5, 0.6) is 0 Å². The van der Waals surface area contributed by atoms with Crippen LogP contribution in [0.15, 0.2) is 18.7 Å². The van der Waals surface area contributed by atoms with Crippen molar-refractivity contribution in [1.82, 2.24) is 19.9 Å². The van der Waals surface area contributed by atoms with Crippen LogP contribution < -0.4 is 10.6 Å². The first-order valence-corrected chi connectivity index (χ1v) is 9.34. The van der Waals surface area contributed by atoms with E-state index in [1.165, 1.54) is 0 Å². The van der Waals surface area contributed by atoms with Gasteiger partial charge in [-0.2, -0.15) is 31.3 Å². The number of rotatable bonds is 5. The molecule has 0 radical (unpaired) electrons. The van der Waals surface area contributed by atoms with Crippen LogP contribution in [0.4, 0.5) is 38.1 Å². The van der Waals surface area contributed by atoms with Crippen molar-refractivity contribution in [2.75, 3.05) is 10.6 Å². The first kappa shape index (κ1) is 22.0. The van der Waals surface area contributed by atoms with Crippen molar-refractivity contribution in [3.63, 3.8) is 0 Å². The molecule has 0 unspecified atom stereocenters. The Morgan fingerprint density at radius 1 is 0.967 bits per heavy atom. The quantitative estimate of drug-likeness (QED) is 0.652. The van der Waals surface area contributed by atoms with E-state index in [2.05, 4.69) is 37.5 Å². The van der Waals surface area contributed by atoms with Gasteiger partial charge in [0.2, 0.25) is 5.95 Å². The highest BCUT2D eigenvalue weighted by atomic mass is 19.4. The molecule has 0 amide bonds. The van der Waals surface area contributed by atoms with Crippen LogP contribution in [0.3, 0.4) is 0 Å². The fraction of sp³-hybridized carbons (Fsp3) is 0.556. The average molecular weight is 434 g/mol. The lowest BCUT2D eigenvalue weighted by Gasteiger charge is -2.28. The van der Waals surface area contributed by atoms with Gasteiger partial charge in [-0.1, -0.05) is 6.92 Å². The predicted molar refractivity (Wildman–Crippen MR) is 96.4 cm³/mol. The van der Waals surface area contributed by atoms with Gasteiger partial charge in [-0.15, -0.1) is 0 Å². The number of nitrogens with zero attached hydrogens (tertiary/aromatic N) is 4. The van der Waals surface area contributed by atoms with E-state index in [1.54, 1.807) is 0 Å². The van der Waals surface area contributed by atoms with Gasteiger partial charge in [0.25, 0.3) is 0 Å². The zero-order valence-electron chi connectivity index (χ0n) is 16.0. The summed E-state index contributed by atoms with van der Waals surface area (Å²) in [6.07, 6.45) is -3.78. The molecule has 2 heterocycles. The molecular weight excluding hydrogens is 414 g/mol. The molecule has 2 aromatic heterocycles. The first-order valence-electron chi connectivity index (χ1n) is 9.34. The molecule has 3 rings (SSSR count). The lowest BCUT2D eigenvalue weighted by molar-refractivity contribution is -0.142. The highest BCUT2D eigenvalue weighted by Gasteiger charge is 2.37. The first-order chi connectivity index (χ1) is 14.0. The highest BCUT2D eigenvalue weighted by molar-refractivity contribution is 5.49. The molecule has 0 spiro atoms. The third-order valence-electron chi connectivity index (χ3n) is 4.94. The molecule has 1 aliphatic rings. The summed E-state index contributed by atoms with van der Waals surface area (Å²) in [6.45, 7) is 1.69. The minimum atomic E-state index is -4.69. The van der Waals surface area contributed by atoms with Gasteiger partial charge < -0.3 is 10.6 Å². The van der Waals surface area contributed by atoms with E-state index < -0.39 is 30.2 Å². The van der Waals surface area contributed by atoms with E-state index in [0.717, 1.165) is 25.4 Å². The predicted octanol–water partition coefficient (Wildman–Crippen LogP) is 4.91. The summed E-state index contributed by atoms with van der Waals surface area (Å²) in [5.41, 5.74) is -2.43. The molecule has 2 aromatic rings. The van der Waals surface area contributed by atoms with Gasteiger partial charge in [0.15, 0.2) is 5.69 Å². The third kappa shape index (κ3) is 5.48. The zero-order chi connectivity index (χ0) is 21.9. The molecule has 0 aliphatic heterocycles. The van der Waals surface area contributed by atoms with Crippen molar-refractivity contribution in [1.29, 1.82) is 0 Å². The van der Waals surface area contributed by atoms with Crippen LogP contribution >= 0.6 is 0 Å². The number of alkyl halides is 6. The fourth-order valence-corrected chi connectivity index (χ4v) is 3.30. The van der Waals surface area contributed by atoms with Crippen molar-refractivity contribution in [2.45, 2.75) is 57.5 Å². The molecule has 0 atom stereocenters. The van der Waals surface area contributed by atoms with Crippen LogP contribution in [0.25, 0.3) is 0 Å². The lowest BCUT2D eigenvalue weighted by Crippen LogP contribution is -2.27. The van der Waals surface area contributed by atoms with E-state index in [1.807, 2.05) is 0 Å². The van der Waals surface area contributed by atoms with Gasteiger partial charge in [0.05, 0.1) is 0 Å². The second-order valence-electron chi connectivity index (χ2n) is 7.30. The number of hydrogen-bond acceptors (Lipinski definition) is 6. The van der Waals surface area contributed by atoms with Crippen LogP contribution in [0.2, 0.25) is 0 Å². The topological polar surface area (TPSA) is 75.6 Å². The second kappa shape index (κ2) is 8.60. The maximum atomic E-state index is 13.3. The van der Waals surface area contributed by atoms with E-state index in [9.17, 15) is 26.3 Å². The maximum Gasteiger partial charge on any atom is 0.433 e. The largest absolute Gasteiger partial charge is 0.433 e. The monoisotopic (exact) mass is 434 g/mol. The summed E-state index contributed by atoms with van der Waals surface area (Å²) in [5, 5.41) is 5.36. The van der Waals surface area contributed by atoms with E-state index in [4.69, 9.17) is 0 Å². The average Bonchev–Trinajstić information content (AvgIpc) is 2.67. The maximum absolute atomic E-state index is 13.3. The van der Waals surface area contributed by atoms with Gasteiger partial charge in [0, 0.05) is 30.5 Å². The second-order valence-corrected chi connectivity index (χ2v) is 7.30. The van der Waals surface area contributed by atoms with Crippen molar-refractivity contribution < 1.29 is 26.3 Å². The normalized spacial score (nSPS) is 20.1. The number of aromatic nitrogens is 4. The van der Waals surface area contributed by atoms with Crippen LogP contribution in [-0.2, 0) is 18.9 Å². The minimum Gasteiger partial charge on any atom is -0.367 e. The molecule has 1 fully saturated rings. The number of nitrogens with one attached hydrogen (secondary N) is 2. The van der Waals surface area contributed by atoms with Crippen molar-refractivity contribution in [3.8, 4) is 0 Å². The van der Waals surface area contributed by atoms with Crippen molar-refractivity contribution >= 4 is 11.8 Å². The zero-order valence-corrected chi connectivity index (χ0v) is 16.0. The van der Waals surface area contributed by atoms with Crippen LogP contribution in [0.1, 0.15) is 49.4 Å². The standard InChI is InChI=1S/C18H20F6N6/c1-10-2-4-12(5-3-10)29-15-13(17(19,20)21)8-27-16(30-15)26-7-11-6-25-9-28-14(11)18(22,23)24/h6,8-10,12H,2-5,7H2,1H3,(H2,26,27,29,30)/t10-,12-. The molecule has 0 aromatic carbocycles. The summed E-state index contributed by atoms with van der Waals surface area (Å²) in [7, 11) is 0. The molecule has 12 heteroatoms. The molecule has 30 heavy (non-hydrogen) atoms. The summed E-state index contributed by atoms with van der Waals surface area (Å²) in [4.78, 5) is 14.3. The molecule has 0 bridgehead atoms. The SMILES string of the molecule is C[C@H]1CC[C@H](Nc2nc(NCc3cncnc3C(F)(F)F)ncc2C(F)(F)F)CC1. The van der Waals surface area contributed by atoms with Crippen molar-refractivity contribution in [2.24, 2.45) is 5.92 Å². The molecular formula is C18H20F6N6. The van der Waals surface area contributed by atoms with Gasteiger partial charge >= 0.3 is 12.4 Å². The van der Waals surface area contributed by atoms with Crippen LogP contribution in [0, 0.1) is 5.92 Å².